The molecule has 0 aromatic heterocycles. The first-order valence-corrected chi connectivity index (χ1v) is 12.3. The van der Waals surface area contributed by atoms with Crippen LogP contribution in [0.5, 0.6) is 0 Å². The summed E-state index contributed by atoms with van der Waals surface area (Å²) in [6, 6.07) is 10.7. The van der Waals surface area contributed by atoms with Crippen LogP contribution in [0.4, 0.5) is 10.5 Å². The van der Waals surface area contributed by atoms with Crippen LogP contribution in [0, 0.1) is 0 Å². The number of rotatable bonds is 5. The number of ketones is 1. The van der Waals surface area contributed by atoms with Gasteiger partial charge in [0.15, 0.2) is 5.78 Å². The van der Waals surface area contributed by atoms with Gasteiger partial charge in [-0.05, 0) is 61.2 Å². The summed E-state index contributed by atoms with van der Waals surface area (Å²) in [7, 11) is -3.41. The number of hydrogen-bond donors (Lipinski definition) is 1. The van der Waals surface area contributed by atoms with Gasteiger partial charge in [-0.25, -0.2) is 13.2 Å². The zero-order chi connectivity index (χ0) is 23.3. The molecular weight excluding hydrogens is 454 g/mol. The van der Waals surface area contributed by atoms with E-state index < -0.39 is 39.8 Å². The average Bonchev–Trinajstić information content (AvgIpc) is 2.96. The lowest BCUT2D eigenvalue weighted by atomic mass is 9.92. The topological polar surface area (TPSA) is 104 Å². The molecule has 0 bridgehead atoms. The van der Waals surface area contributed by atoms with Crippen molar-refractivity contribution in [1.29, 1.82) is 0 Å². The molecule has 10 heteroatoms. The first-order chi connectivity index (χ1) is 15.0. The third kappa shape index (κ3) is 3.86. The number of amides is 3. The molecule has 2 heterocycles. The molecule has 1 unspecified atom stereocenters. The second-order valence-corrected chi connectivity index (χ2v) is 10.5. The predicted molar refractivity (Wildman–Crippen MR) is 120 cm³/mol. The Morgan fingerprint density at radius 1 is 1.16 bits per heavy atom. The summed E-state index contributed by atoms with van der Waals surface area (Å²) < 4.78 is 25.4. The molecule has 2 aromatic rings. The van der Waals surface area contributed by atoms with Crippen LogP contribution in [0.3, 0.4) is 0 Å². The largest absolute Gasteiger partial charge is 0.325 e. The Bertz CT molecular complexity index is 1230. The average molecular weight is 476 g/mol. The van der Waals surface area contributed by atoms with Crippen LogP contribution in [0.2, 0.25) is 5.02 Å². The van der Waals surface area contributed by atoms with E-state index in [0.717, 1.165) is 16.7 Å². The quantitative estimate of drug-likeness (QED) is 0.529. The Balaban J connectivity index is 1.56. The molecule has 168 valence electrons. The number of Topliss-reactive ketones (excluding diaryl/α,β-unsaturated/α-hetero) is 1. The molecule has 0 saturated carbocycles. The van der Waals surface area contributed by atoms with Gasteiger partial charge in [0.1, 0.15) is 5.54 Å². The standard InChI is InChI=1S/C22H22ClN3O5S/c1-22(16-6-8-17(23)9-7-16)20(28)25(21(29)24-22)13-19(27)15-5-10-18-14(12-15)4-3-11-26(18)32(2,30)31/h5-10,12H,3-4,11,13H2,1-2H3,(H,24,29). The van der Waals surface area contributed by atoms with Gasteiger partial charge in [-0.15, -0.1) is 0 Å². The van der Waals surface area contributed by atoms with Crippen molar-refractivity contribution in [3.63, 3.8) is 0 Å². The zero-order valence-corrected chi connectivity index (χ0v) is 19.2. The minimum absolute atomic E-state index is 0.319. The summed E-state index contributed by atoms with van der Waals surface area (Å²) in [4.78, 5) is 39.4. The van der Waals surface area contributed by atoms with E-state index in [0.29, 0.717) is 41.2 Å². The minimum atomic E-state index is -3.41. The predicted octanol–water partition coefficient (Wildman–Crippen LogP) is 2.70. The molecule has 1 fully saturated rings. The van der Waals surface area contributed by atoms with Gasteiger partial charge in [0.05, 0.1) is 18.5 Å². The highest BCUT2D eigenvalue weighted by atomic mass is 35.5. The number of nitrogens with zero attached hydrogens (tertiary/aromatic N) is 2. The van der Waals surface area contributed by atoms with Gasteiger partial charge in [0.25, 0.3) is 5.91 Å². The number of hydrogen-bond acceptors (Lipinski definition) is 5. The summed E-state index contributed by atoms with van der Waals surface area (Å²) >= 11 is 5.91. The maximum absolute atomic E-state index is 13.1. The maximum Gasteiger partial charge on any atom is 0.325 e. The second-order valence-electron chi connectivity index (χ2n) is 8.16. The van der Waals surface area contributed by atoms with Crippen molar-refractivity contribution in [3.8, 4) is 0 Å². The number of fused-ring (bicyclic) bond motifs is 1. The fourth-order valence-corrected chi connectivity index (χ4v) is 5.26. The third-order valence-electron chi connectivity index (χ3n) is 5.88. The molecule has 1 N–H and O–H groups in total. The Kier molecular flexibility index (Phi) is 5.50. The Morgan fingerprint density at radius 3 is 2.50 bits per heavy atom. The van der Waals surface area contributed by atoms with Crippen LogP contribution in [0.15, 0.2) is 42.5 Å². The Hall–Kier alpha value is -2.91. The van der Waals surface area contributed by atoms with Crippen LogP contribution in [0.25, 0.3) is 0 Å². The molecule has 0 radical (unpaired) electrons. The van der Waals surface area contributed by atoms with E-state index in [1.807, 2.05) is 0 Å². The fraction of sp³-hybridized carbons (Fsp3) is 0.318. The first kappa shape index (κ1) is 22.3. The molecule has 32 heavy (non-hydrogen) atoms. The maximum atomic E-state index is 13.1. The van der Waals surface area contributed by atoms with Crippen molar-refractivity contribution >= 4 is 45.0 Å². The van der Waals surface area contributed by atoms with E-state index in [-0.39, 0.29) is 0 Å². The number of benzene rings is 2. The molecule has 3 amide bonds. The van der Waals surface area contributed by atoms with Gasteiger partial charge < -0.3 is 5.32 Å². The summed E-state index contributed by atoms with van der Waals surface area (Å²) in [5.74, 6) is -0.937. The van der Waals surface area contributed by atoms with Gasteiger partial charge in [0.2, 0.25) is 10.0 Å². The number of sulfonamides is 1. The van der Waals surface area contributed by atoms with Crippen molar-refractivity contribution in [2.45, 2.75) is 25.3 Å². The number of urea groups is 1. The molecule has 0 spiro atoms. The van der Waals surface area contributed by atoms with Crippen molar-refractivity contribution in [1.82, 2.24) is 10.2 Å². The summed E-state index contributed by atoms with van der Waals surface area (Å²) in [5, 5.41) is 3.17. The lowest BCUT2D eigenvalue weighted by Crippen LogP contribution is -2.41. The lowest BCUT2D eigenvalue weighted by Gasteiger charge is -2.29. The third-order valence-corrected chi connectivity index (χ3v) is 7.31. The smallest absolute Gasteiger partial charge is 0.319 e. The van der Waals surface area contributed by atoms with Gasteiger partial charge in [-0.2, -0.15) is 0 Å². The lowest BCUT2D eigenvalue weighted by molar-refractivity contribution is -0.130. The number of aryl methyl sites for hydroxylation is 1. The monoisotopic (exact) mass is 475 g/mol. The van der Waals surface area contributed by atoms with Crippen molar-refractivity contribution in [3.05, 3.63) is 64.2 Å². The van der Waals surface area contributed by atoms with Crippen molar-refractivity contribution in [2.24, 2.45) is 0 Å². The second kappa shape index (κ2) is 7.90. The summed E-state index contributed by atoms with van der Waals surface area (Å²) in [6.07, 6.45) is 2.43. The van der Waals surface area contributed by atoms with Gasteiger partial charge in [0, 0.05) is 17.1 Å². The molecular formula is C22H22ClN3O5S. The highest BCUT2D eigenvalue weighted by Crippen LogP contribution is 2.32. The molecule has 0 aliphatic carbocycles. The number of carbonyl (C=O) groups is 3. The number of halogens is 1. The zero-order valence-electron chi connectivity index (χ0n) is 17.6. The van der Waals surface area contributed by atoms with Gasteiger partial charge >= 0.3 is 6.03 Å². The molecule has 4 rings (SSSR count). The SMILES string of the molecule is CC1(c2ccc(Cl)cc2)NC(=O)N(CC(=O)c2ccc3c(c2)CCCN3S(C)(=O)=O)C1=O. The van der Waals surface area contributed by atoms with Crippen molar-refractivity contribution < 1.29 is 22.8 Å². The minimum Gasteiger partial charge on any atom is -0.319 e. The number of carbonyl (C=O) groups excluding carboxylic acids is 3. The number of imide groups is 1. The van der Waals surface area contributed by atoms with Gasteiger partial charge in [-0.1, -0.05) is 23.7 Å². The number of anilines is 1. The molecule has 1 atom stereocenters. The highest BCUT2D eigenvalue weighted by molar-refractivity contribution is 7.92. The van der Waals surface area contributed by atoms with Crippen LogP contribution >= 0.6 is 11.6 Å². The van der Waals surface area contributed by atoms with E-state index in [1.165, 1.54) is 10.4 Å². The van der Waals surface area contributed by atoms with Crippen LogP contribution < -0.4 is 9.62 Å². The van der Waals surface area contributed by atoms with Crippen LogP contribution in [-0.4, -0.2) is 50.4 Å². The van der Waals surface area contributed by atoms with Crippen LogP contribution in [-0.2, 0) is 26.8 Å². The highest BCUT2D eigenvalue weighted by Gasteiger charge is 2.49. The van der Waals surface area contributed by atoms with Crippen LogP contribution in [0.1, 0.15) is 34.8 Å². The van der Waals surface area contributed by atoms with Crippen molar-refractivity contribution in [2.75, 3.05) is 23.7 Å². The number of nitrogens with one attached hydrogen (secondary N) is 1. The molecule has 2 aromatic carbocycles. The van der Waals surface area contributed by atoms with Gasteiger partial charge in [-0.3, -0.25) is 18.8 Å². The first-order valence-electron chi connectivity index (χ1n) is 10.0. The van der Waals surface area contributed by atoms with E-state index in [4.69, 9.17) is 11.6 Å². The van der Waals surface area contributed by atoms with E-state index in [9.17, 15) is 22.8 Å². The Morgan fingerprint density at radius 2 is 1.84 bits per heavy atom. The summed E-state index contributed by atoms with van der Waals surface area (Å²) in [6.45, 7) is 1.56. The molecule has 8 nitrogen and oxygen atoms in total. The van der Waals surface area contributed by atoms with E-state index >= 15 is 0 Å². The summed E-state index contributed by atoms with van der Waals surface area (Å²) in [5.41, 5.74) is 0.884. The normalized spacial score (nSPS) is 20.8. The molecule has 1 saturated heterocycles. The Labute approximate surface area is 191 Å². The molecule has 2 aliphatic rings. The van der Waals surface area contributed by atoms with E-state index in [1.54, 1.807) is 43.3 Å². The fourth-order valence-electron chi connectivity index (χ4n) is 4.13. The molecule has 2 aliphatic heterocycles. The van der Waals surface area contributed by atoms with E-state index in [2.05, 4.69) is 5.32 Å².